The Morgan fingerprint density at radius 2 is 2.08 bits per heavy atom. The van der Waals surface area contributed by atoms with Crippen LogP contribution in [-0.2, 0) is 0 Å². The lowest BCUT2D eigenvalue weighted by molar-refractivity contribution is 0.0997. The number of alkyl halides is 1. The summed E-state index contributed by atoms with van der Waals surface area (Å²) in [6, 6.07) is 5.10. The Kier molecular flexibility index (Phi) is 4.28. The van der Waals surface area contributed by atoms with E-state index in [0.717, 1.165) is 12.1 Å². The predicted molar refractivity (Wildman–Crippen MR) is 83.7 cm³/mol. The lowest BCUT2D eigenvalue weighted by Gasteiger charge is -2.29. The van der Waals surface area contributed by atoms with Gasteiger partial charge in [0.05, 0.1) is 11.3 Å². The summed E-state index contributed by atoms with van der Waals surface area (Å²) in [4.78, 5) is 11.2. The minimum absolute atomic E-state index is 0.0138. The van der Waals surface area contributed by atoms with E-state index in [1.165, 1.54) is 6.07 Å². The molecule has 1 saturated carbocycles. The largest absolute Gasteiger partial charge is 0.507 e. The van der Waals surface area contributed by atoms with Crippen LogP contribution in [0.4, 0.5) is 14.6 Å². The highest BCUT2D eigenvalue weighted by atomic mass is 19.1. The highest BCUT2D eigenvalue weighted by Crippen LogP contribution is 2.30. The number of amides is 1. The van der Waals surface area contributed by atoms with E-state index in [1.807, 2.05) is 0 Å². The molecule has 0 unspecified atom stereocenters. The molecular formula is C16H16F2N4O2. The van der Waals surface area contributed by atoms with Crippen molar-refractivity contribution in [3.8, 4) is 17.0 Å². The van der Waals surface area contributed by atoms with Gasteiger partial charge in [-0.25, -0.2) is 8.78 Å². The van der Waals surface area contributed by atoms with Gasteiger partial charge in [-0.15, -0.1) is 10.2 Å². The van der Waals surface area contributed by atoms with Crippen LogP contribution in [0.25, 0.3) is 11.3 Å². The molecule has 24 heavy (non-hydrogen) atoms. The van der Waals surface area contributed by atoms with Gasteiger partial charge in [-0.2, -0.15) is 0 Å². The number of nitrogens with zero attached hydrogens (tertiary/aromatic N) is 2. The lowest BCUT2D eigenvalue weighted by Crippen LogP contribution is -2.30. The Morgan fingerprint density at radius 3 is 2.67 bits per heavy atom. The molecule has 126 valence electrons. The number of carbonyl (C=O) groups is 1. The molecule has 1 aromatic heterocycles. The highest BCUT2D eigenvalue weighted by Gasteiger charge is 2.28. The summed E-state index contributed by atoms with van der Waals surface area (Å²) in [5, 5.41) is 20.4. The molecule has 1 amide bonds. The normalized spacial score (nSPS) is 19.6. The van der Waals surface area contributed by atoms with E-state index < -0.39 is 23.6 Å². The summed E-state index contributed by atoms with van der Waals surface area (Å²) in [6.07, 6.45) is 0.391. The lowest BCUT2D eigenvalue weighted by atomic mass is 9.83. The highest BCUT2D eigenvalue weighted by molar-refractivity contribution is 5.96. The average molecular weight is 334 g/mol. The van der Waals surface area contributed by atoms with Crippen molar-refractivity contribution in [1.82, 2.24) is 10.2 Å². The first-order valence-electron chi connectivity index (χ1n) is 7.48. The van der Waals surface area contributed by atoms with E-state index in [1.54, 1.807) is 6.07 Å². The van der Waals surface area contributed by atoms with E-state index in [0.29, 0.717) is 25.2 Å². The van der Waals surface area contributed by atoms with Crippen LogP contribution in [0.5, 0.6) is 5.75 Å². The standard InChI is InChI=1S/C16H16F2N4O2/c17-9-3-8(4-9)7-20-15-2-1-13(21-22-15)10-5-11(16(19)24)14(23)6-12(10)18/h1-2,5-6,8-9,23H,3-4,7H2,(H2,19,24)(H,20,22). The third-order valence-corrected chi connectivity index (χ3v) is 4.04. The van der Waals surface area contributed by atoms with Crippen molar-refractivity contribution in [1.29, 1.82) is 0 Å². The molecule has 0 bridgehead atoms. The molecule has 1 fully saturated rings. The smallest absolute Gasteiger partial charge is 0.252 e. The molecule has 4 N–H and O–H groups in total. The number of aromatic nitrogens is 2. The number of halogens is 2. The molecule has 0 atom stereocenters. The van der Waals surface area contributed by atoms with Gasteiger partial charge < -0.3 is 16.2 Å². The van der Waals surface area contributed by atoms with Gasteiger partial charge in [0.15, 0.2) is 0 Å². The first kappa shape index (κ1) is 16.1. The van der Waals surface area contributed by atoms with Crippen molar-refractivity contribution in [2.75, 3.05) is 11.9 Å². The third kappa shape index (κ3) is 3.27. The number of carbonyl (C=O) groups excluding carboxylic acids is 1. The zero-order chi connectivity index (χ0) is 17.3. The summed E-state index contributed by atoms with van der Waals surface area (Å²) in [5.41, 5.74) is 5.16. The third-order valence-electron chi connectivity index (χ3n) is 4.04. The maximum absolute atomic E-state index is 14.0. The van der Waals surface area contributed by atoms with E-state index in [-0.39, 0.29) is 22.7 Å². The Labute approximate surface area is 136 Å². The molecule has 0 saturated heterocycles. The Hall–Kier alpha value is -2.77. The molecule has 6 nitrogen and oxygen atoms in total. The van der Waals surface area contributed by atoms with Crippen LogP contribution in [0.2, 0.25) is 0 Å². The van der Waals surface area contributed by atoms with Gasteiger partial charge in [-0.05, 0) is 37.0 Å². The van der Waals surface area contributed by atoms with Gasteiger partial charge in [-0.1, -0.05) is 0 Å². The Bertz CT molecular complexity index is 761. The van der Waals surface area contributed by atoms with Gasteiger partial charge >= 0.3 is 0 Å². The Balaban J connectivity index is 1.75. The van der Waals surface area contributed by atoms with Crippen molar-refractivity contribution >= 4 is 11.7 Å². The molecule has 0 radical (unpaired) electrons. The second-order valence-corrected chi connectivity index (χ2v) is 5.83. The van der Waals surface area contributed by atoms with Crippen LogP contribution in [0.15, 0.2) is 24.3 Å². The minimum Gasteiger partial charge on any atom is -0.507 e. The van der Waals surface area contributed by atoms with Gasteiger partial charge in [0, 0.05) is 18.2 Å². The Morgan fingerprint density at radius 1 is 1.33 bits per heavy atom. The number of hydrogen-bond acceptors (Lipinski definition) is 5. The van der Waals surface area contributed by atoms with Crippen LogP contribution < -0.4 is 11.1 Å². The quantitative estimate of drug-likeness (QED) is 0.778. The number of nitrogens with two attached hydrogens (primary N) is 1. The summed E-state index contributed by atoms with van der Waals surface area (Å²) in [7, 11) is 0. The molecular weight excluding hydrogens is 318 g/mol. The van der Waals surface area contributed by atoms with Gasteiger partial charge in [-0.3, -0.25) is 4.79 Å². The molecule has 0 spiro atoms. The van der Waals surface area contributed by atoms with E-state index in [9.17, 15) is 18.7 Å². The number of primary amides is 1. The molecule has 0 aliphatic heterocycles. The second kappa shape index (κ2) is 6.38. The van der Waals surface area contributed by atoms with E-state index in [2.05, 4.69) is 15.5 Å². The number of hydrogen-bond donors (Lipinski definition) is 3. The summed E-state index contributed by atoms with van der Waals surface area (Å²) >= 11 is 0. The number of phenols is 1. The summed E-state index contributed by atoms with van der Waals surface area (Å²) < 4.78 is 26.7. The predicted octanol–water partition coefficient (Wildman–Crippen LogP) is 2.25. The van der Waals surface area contributed by atoms with Gasteiger partial charge in [0.1, 0.15) is 23.6 Å². The van der Waals surface area contributed by atoms with Crippen LogP contribution in [0.3, 0.4) is 0 Å². The maximum Gasteiger partial charge on any atom is 0.252 e. The molecule has 1 aromatic carbocycles. The zero-order valence-corrected chi connectivity index (χ0v) is 12.7. The molecule has 1 heterocycles. The van der Waals surface area contributed by atoms with Crippen molar-refractivity contribution in [3.63, 3.8) is 0 Å². The molecule has 1 aliphatic carbocycles. The van der Waals surface area contributed by atoms with E-state index in [4.69, 9.17) is 5.73 Å². The summed E-state index contributed by atoms with van der Waals surface area (Å²) in [5.74, 6) is -1.35. The van der Waals surface area contributed by atoms with Crippen molar-refractivity contribution in [3.05, 3.63) is 35.6 Å². The number of nitrogens with one attached hydrogen (secondary N) is 1. The van der Waals surface area contributed by atoms with Crippen molar-refractivity contribution in [2.24, 2.45) is 11.7 Å². The topological polar surface area (TPSA) is 101 Å². The number of rotatable bonds is 5. The fourth-order valence-electron chi connectivity index (χ4n) is 2.60. The first-order valence-corrected chi connectivity index (χ1v) is 7.48. The fraction of sp³-hybridized carbons (Fsp3) is 0.312. The van der Waals surface area contributed by atoms with Crippen LogP contribution in [0.1, 0.15) is 23.2 Å². The first-order chi connectivity index (χ1) is 11.4. The molecule has 2 aromatic rings. The van der Waals surface area contributed by atoms with Gasteiger partial charge in [0.25, 0.3) is 5.91 Å². The second-order valence-electron chi connectivity index (χ2n) is 5.83. The number of aromatic hydroxyl groups is 1. The number of benzene rings is 1. The minimum atomic E-state index is -0.869. The summed E-state index contributed by atoms with van der Waals surface area (Å²) in [6.45, 7) is 0.605. The average Bonchev–Trinajstić information content (AvgIpc) is 2.51. The van der Waals surface area contributed by atoms with Gasteiger partial charge in [0.2, 0.25) is 0 Å². The molecule has 8 heteroatoms. The van der Waals surface area contributed by atoms with Crippen LogP contribution in [-0.4, -0.2) is 33.9 Å². The SMILES string of the molecule is NC(=O)c1cc(-c2ccc(NCC3CC(F)C3)nn2)c(F)cc1O. The van der Waals surface area contributed by atoms with Crippen LogP contribution >= 0.6 is 0 Å². The van der Waals surface area contributed by atoms with E-state index >= 15 is 0 Å². The molecule has 1 aliphatic rings. The zero-order valence-electron chi connectivity index (χ0n) is 12.7. The monoisotopic (exact) mass is 334 g/mol. The van der Waals surface area contributed by atoms with Crippen LogP contribution in [0, 0.1) is 11.7 Å². The number of anilines is 1. The maximum atomic E-state index is 14.0. The van der Waals surface area contributed by atoms with Crippen molar-refractivity contribution in [2.45, 2.75) is 19.0 Å². The fourth-order valence-corrected chi connectivity index (χ4v) is 2.60. The molecule has 3 rings (SSSR count). The van der Waals surface area contributed by atoms with Crippen molar-refractivity contribution < 1.29 is 18.7 Å².